The summed E-state index contributed by atoms with van der Waals surface area (Å²) in [6, 6.07) is 13.0. The molecule has 2 N–H and O–H groups in total. The summed E-state index contributed by atoms with van der Waals surface area (Å²) in [6.07, 6.45) is 8.79. The third-order valence-corrected chi connectivity index (χ3v) is 12.5. The standard InChI is InChI=1S/C36H49Cl2N6O2/c37-30-24-28(31(38)23-27(30)7-2-1-5-16-43-17-20-44(21-18-43,22-19-43)26-35(39)45)25-40-13-6-10-34(40)36(46)42-15-14-41(29-11-12-29)32-8-3-4-9-33(32)42/h3-4,8-9,23-24,29,34H,1-2,5-7,10-22,25-26H2,(H-,39,45)/q+1/p+1/t34-,43?,44?/m0/s1. The predicted octanol–water partition coefficient (Wildman–Crippen LogP) is 4.83. The molecular formula is C36H50Cl2N6O2+2. The summed E-state index contributed by atoms with van der Waals surface area (Å²) in [4.78, 5) is 32.4. The number of halogens is 2. The molecule has 0 radical (unpaired) electrons. The Morgan fingerprint density at radius 2 is 1.48 bits per heavy atom. The van der Waals surface area contributed by atoms with Crippen molar-refractivity contribution in [3.8, 4) is 0 Å². The van der Waals surface area contributed by atoms with Crippen LogP contribution in [0.3, 0.4) is 0 Å². The van der Waals surface area contributed by atoms with Gasteiger partial charge in [0.25, 0.3) is 5.91 Å². The minimum Gasteiger partial charge on any atom is -0.365 e. The molecular weight excluding hydrogens is 619 g/mol. The van der Waals surface area contributed by atoms with E-state index < -0.39 is 0 Å². The number of primary amides is 1. The second-order valence-electron chi connectivity index (χ2n) is 14.8. The van der Waals surface area contributed by atoms with Gasteiger partial charge in [0.15, 0.2) is 6.54 Å². The van der Waals surface area contributed by atoms with E-state index in [1.165, 1.54) is 62.0 Å². The summed E-state index contributed by atoms with van der Waals surface area (Å²) in [5.41, 5.74) is 9.91. The molecule has 2 aromatic carbocycles. The molecule has 0 aromatic heterocycles. The zero-order chi connectivity index (χ0) is 31.9. The molecule has 0 spiro atoms. The highest BCUT2D eigenvalue weighted by Gasteiger charge is 2.49. The number of unbranched alkanes of at least 4 members (excludes halogenated alkanes) is 2. The number of carbonyl (C=O) groups is 2. The monoisotopic (exact) mass is 668 g/mol. The van der Waals surface area contributed by atoms with E-state index in [1.54, 1.807) is 0 Å². The van der Waals surface area contributed by atoms with Gasteiger partial charge in [-0.2, -0.15) is 0 Å². The van der Waals surface area contributed by atoms with Crippen LogP contribution >= 0.6 is 23.2 Å². The highest BCUT2D eigenvalue weighted by molar-refractivity contribution is 6.34. The van der Waals surface area contributed by atoms with Crippen molar-refractivity contribution in [2.24, 2.45) is 5.73 Å². The van der Waals surface area contributed by atoms with Gasteiger partial charge in [-0.3, -0.25) is 14.5 Å². The second-order valence-corrected chi connectivity index (χ2v) is 15.6. The highest BCUT2D eigenvalue weighted by atomic mass is 35.5. The van der Waals surface area contributed by atoms with Crippen LogP contribution < -0.4 is 15.5 Å². The summed E-state index contributed by atoms with van der Waals surface area (Å²) < 4.78 is 2.12. The number of hydrogen-bond acceptors (Lipinski definition) is 4. The van der Waals surface area contributed by atoms with E-state index in [4.69, 9.17) is 28.9 Å². The molecule has 46 heavy (non-hydrogen) atoms. The molecule has 248 valence electrons. The van der Waals surface area contributed by atoms with Crippen LogP contribution in [0.1, 0.15) is 56.1 Å². The maximum atomic E-state index is 14.0. The number of nitrogens with two attached hydrogens (primary N) is 1. The van der Waals surface area contributed by atoms with E-state index in [2.05, 4.69) is 34.1 Å². The van der Waals surface area contributed by atoms with Gasteiger partial charge >= 0.3 is 0 Å². The van der Waals surface area contributed by atoms with Crippen LogP contribution in [0.25, 0.3) is 0 Å². The number of rotatable bonds is 12. The zero-order valence-electron chi connectivity index (χ0n) is 27.1. The maximum absolute atomic E-state index is 14.0. The summed E-state index contributed by atoms with van der Waals surface area (Å²) in [5, 5.41) is 1.53. The van der Waals surface area contributed by atoms with Crippen molar-refractivity contribution in [2.75, 3.05) is 81.8 Å². The Morgan fingerprint density at radius 1 is 0.804 bits per heavy atom. The number of para-hydroxylation sites is 2. The van der Waals surface area contributed by atoms with Gasteiger partial charge in [-0.1, -0.05) is 35.3 Å². The Kier molecular flexibility index (Phi) is 9.29. The van der Waals surface area contributed by atoms with Crippen molar-refractivity contribution in [2.45, 2.75) is 70.0 Å². The molecule has 4 saturated heterocycles. The van der Waals surface area contributed by atoms with Crippen LogP contribution in [0.15, 0.2) is 36.4 Å². The zero-order valence-corrected chi connectivity index (χ0v) is 28.7. The maximum Gasteiger partial charge on any atom is 0.272 e. The van der Waals surface area contributed by atoms with E-state index in [9.17, 15) is 9.59 Å². The van der Waals surface area contributed by atoms with Gasteiger partial charge in [0.1, 0.15) is 39.3 Å². The fourth-order valence-electron chi connectivity index (χ4n) is 8.80. The van der Waals surface area contributed by atoms with Gasteiger partial charge < -0.3 is 24.5 Å². The third kappa shape index (κ3) is 6.66. The molecule has 1 saturated carbocycles. The molecule has 8 rings (SSSR count). The first kappa shape index (κ1) is 32.2. The SMILES string of the molecule is NC(=O)C[N+]12CC[N+](CCCCCc3cc(Cl)c(CN4CCC[C@H]4C(=O)N4CCN(C5CC5)c5ccccc54)cc3Cl)(CC1)CC2. The molecule has 10 heteroatoms. The van der Waals surface area contributed by atoms with Crippen molar-refractivity contribution in [1.82, 2.24) is 4.90 Å². The lowest BCUT2D eigenvalue weighted by Gasteiger charge is -2.55. The minimum absolute atomic E-state index is 0.139. The van der Waals surface area contributed by atoms with Gasteiger partial charge in [0.05, 0.1) is 24.0 Å². The van der Waals surface area contributed by atoms with E-state index in [1.807, 2.05) is 17.0 Å². The lowest BCUT2D eigenvalue weighted by Crippen LogP contribution is -2.76. The van der Waals surface area contributed by atoms with Crippen molar-refractivity contribution < 1.29 is 18.6 Å². The van der Waals surface area contributed by atoms with Crippen LogP contribution in [0.4, 0.5) is 11.4 Å². The van der Waals surface area contributed by atoms with Crippen LogP contribution in [-0.4, -0.2) is 110 Å². The largest absolute Gasteiger partial charge is 0.365 e. The number of piperazine rings is 3. The number of nitrogens with zero attached hydrogens (tertiary/aromatic N) is 5. The van der Waals surface area contributed by atoms with Gasteiger partial charge in [-0.05, 0) is 93.3 Å². The number of carbonyl (C=O) groups excluding carboxylic acids is 2. The van der Waals surface area contributed by atoms with E-state index in [0.717, 1.165) is 96.3 Å². The number of anilines is 2. The number of amides is 2. The number of likely N-dealkylation sites (tertiary alicyclic amines) is 1. The van der Waals surface area contributed by atoms with Crippen LogP contribution in [0.5, 0.6) is 0 Å². The molecule has 5 aliphatic heterocycles. The summed E-state index contributed by atoms with van der Waals surface area (Å²) in [6.45, 7) is 11.7. The Labute approximate surface area is 284 Å². The molecule has 5 heterocycles. The Balaban J connectivity index is 0.914. The molecule has 2 aromatic rings. The van der Waals surface area contributed by atoms with E-state index in [-0.39, 0.29) is 17.9 Å². The second kappa shape index (κ2) is 13.3. The van der Waals surface area contributed by atoms with E-state index >= 15 is 0 Å². The minimum atomic E-state index is -0.163. The molecule has 0 unspecified atom stereocenters. The quantitative estimate of drug-likeness (QED) is 0.260. The van der Waals surface area contributed by atoms with Crippen molar-refractivity contribution >= 4 is 46.4 Å². The summed E-state index contributed by atoms with van der Waals surface area (Å²) in [7, 11) is 0. The number of aryl methyl sites for hydroxylation is 1. The van der Waals surface area contributed by atoms with Gasteiger partial charge in [0, 0.05) is 35.7 Å². The number of fused-ring (bicyclic) bond motifs is 4. The third-order valence-electron chi connectivity index (χ3n) is 11.8. The Morgan fingerprint density at radius 3 is 2.20 bits per heavy atom. The van der Waals surface area contributed by atoms with Gasteiger partial charge in [0.2, 0.25) is 5.91 Å². The fourth-order valence-corrected chi connectivity index (χ4v) is 9.33. The number of benzene rings is 2. The van der Waals surface area contributed by atoms with Crippen molar-refractivity contribution in [1.29, 1.82) is 0 Å². The molecule has 6 aliphatic rings. The van der Waals surface area contributed by atoms with Crippen LogP contribution in [0.2, 0.25) is 10.0 Å². The lowest BCUT2D eigenvalue weighted by molar-refractivity contribution is -1.08. The first-order chi connectivity index (χ1) is 22.2. The van der Waals surface area contributed by atoms with Crippen LogP contribution in [0, 0.1) is 0 Å². The Hall–Kier alpha value is -2.36. The van der Waals surface area contributed by atoms with Crippen molar-refractivity contribution in [3.63, 3.8) is 0 Å². The molecule has 2 amide bonds. The average Bonchev–Trinajstić information content (AvgIpc) is 3.80. The lowest BCUT2D eigenvalue weighted by atomic mass is 10.0. The molecule has 1 aliphatic carbocycles. The average molecular weight is 670 g/mol. The predicted molar refractivity (Wildman–Crippen MR) is 185 cm³/mol. The highest BCUT2D eigenvalue weighted by Crippen LogP contribution is 2.41. The molecule has 2 bridgehead atoms. The topological polar surface area (TPSA) is 69.9 Å². The normalized spacial score (nSPS) is 27.7. The molecule has 8 nitrogen and oxygen atoms in total. The number of hydrogen-bond donors (Lipinski definition) is 1. The van der Waals surface area contributed by atoms with Gasteiger partial charge in [-0.15, -0.1) is 0 Å². The summed E-state index contributed by atoms with van der Waals surface area (Å²) in [5.74, 6) is 0.0477. The van der Waals surface area contributed by atoms with E-state index in [0.29, 0.717) is 19.1 Å². The first-order valence-electron chi connectivity index (χ1n) is 17.6. The fraction of sp³-hybridized carbons (Fsp3) is 0.611. The summed E-state index contributed by atoms with van der Waals surface area (Å²) >= 11 is 13.7. The smallest absolute Gasteiger partial charge is 0.272 e. The Bertz CT molecular complexity index is 1440. The number of quaternary nitrogens is 2. The van der Waals surface area contributed by atoms with Crippen LogP contribution in [-0.2, 0) is 22.6 Å². The molecule has 5 fully saturated rings. The molecule has 1 atom stereocenters. The van der Waals surface area contributed by atoms with Crippen molar-refractivity contribution in [3.05, 3.63) is 57.6 Å². The van der Waals surface area contributed by atoms with Gasteiger partial charge in [-0.25, -0.2) is 0 Å². The first-order valence-corrected chi connectivity index (χ1v) is 18.4.